The molecule has 0 atom stereocenters. The van der Waals surface area contributed by atoms with Gasteiger partial charge in [0.25, 0.3) is 0 Å². The zero-order valence-electron chi connectivity index (χ0n) is 20.7. The van der Waals surface area contributed by atoms with Crippen LogP contribution in [0.1, 0.15) is 11.1 Å². The number of fused-ring (bicyclic) bond motifs is 9. The van der Waals surface area contributed by atoms with Crippen molar-refractivity contribution >= 4 is 70.5 Å². The van der Waals surface area contributed by atoms with Crippen molar-refractivity contribution < 1.29 is 20.4 Å². The topological polar surface area (TPSA) is 80.9 Å². The van der Waals surface area contributed by atoms with E-state index in [0.29, 0.717) is 27.7 Å². The molecule has 0 saturated heterocycles. The van der Waals surface area contributed by atoms with Crippen LogP contribution in [-0.2, 0) is 6.42 Å². The average Bonchev–Trinajstić information content (AvgIpc) is 3.35. The smallest absolute Gasteiger partial charge is 0.166 e. The summed E-state index contributed by atoms with van der Waals surface area (Å²) in [5.41, 5.74) is 4.22. The van der Waals surface area contributed by atoms with Crippen molar-refractivity contribution in [1.82, 2.24) is 0 Å². The van der Waals surface area contributed by atoms with E-state index in [1.807, 2.05) is 38.2 Å². The van der Waals surface area contributed by atoms with Gasteiger partial charge < -0.3 is 20.4 Å². The predicted molar refractivity (Wildman–Crippen MR) is 161 cm³/mol. The number of halogens is 1. The third-order valence-electron chi connectivity index (χ3n) is 8.18. The summed E-state index contributed by atoms with van der Waals surface area (Å²) in [6.45, 7) is 0. The average molecular weight is 515 g/mol. The van der Waals surface area contributed by atoms with Crippen molar-refractivity contribution in [2.75, 3.05) is 0 Å². The highest BCUT2D eigenvalue weighted by Crippen LogP contribution is 2.54. The van der Waals surface area contributed by atoms with Gasteiger partial charge in [0.2, 0.25) is 0 Å². The minimum absolute atomic E-state index is 0.0873. The first-order valence-electron chi connectivity index (χ1n) is 12.4. The van der Waals surface area contributed by atoms with Gasteiger partial charge in [0.05, 0.1) is 5.02 Å². The van der Waals surface area contributed by atoms with Crippen LogP contribution in [0.2, 0.25) is 5.02 Å². The summed E-state index contributed by atoms with van der Waals surface area (Å²) in [5.74, 6) is -0.797. The van der Waals surface area contributed by atoms with Crippen LogP contribution in [-0.4, -0.2) is 36.1 Å². The standard InChI is InChI=1S/C31H21B2ClO4/c32-25-20-12-21-24(29(36)26(33)27(34)28(21)35)23(20)31(38)30(37)22(25)13-9-10-18-16-7-2-1-5-14(16)15-6-3-4-8-17(15)19(18)11-13/h1-11,35-38H,12,32-33H2. The minimum atomic E-state index is -0.320. The normalized spacial score (nSPS) is 12.3. The van der Waals surface area contributed by atoms with Gasteiger partial charge >= 0.3 is 0 Å². The summed E-state index contributed by atoms with van der Waals surface area (Å²) in [7, 11) is 3.50. The molecule has 0 heterocycles. The van der Waals surface area contributed by atoms with Crippen LogP contribution in [0.15, 0.2) is 66.7 Å². The highest BCUT2D eigenvalue weighted by atomic mass is 35.5. The molecule has 4 N–H and O–H groups in total. The van der Waals surface area contributed by atoms with Crippen LogP contribution < -0.4 is 10.9 Å². The van der Waals surface area contributed by atoms with Crippen LogP contribution in [0.3, 0.4) is 0 Å². The fourth-order valence-corrected chi connectivity index (χ4v) is 6.49. The van der Waals surface area contributed by atoms with E-state index >= 15 is 0 Å². The van der Waals surface area contributed by atoms with Crippen LogP contribution >= 0.6 is 11.6 Å². The van der Waals surface area contributed by atoms with Gasteiger partial charge in [-0.15, -0.1) is 0 Å². The fraction of sp³-hybridized carbons (Fsp3) is 0.0323. The van der Waals surface area contributed by atoms with Gasteiger partial charge in [0, 0.05) is 28.7 Å². The zero-order valence-corrected chi connectivity index (χ0v) is 21.5. The molecule has 6 aromatic carbocycles. The molecule has 0 amide bonds. The van der Waals surface area contributed by atoms with Crippen molar-refractivity contribution in [3.63, 3.8) is 0 Å². The maximum atomic E-state index is 11.3. The van der Waals surface area contributed by atoms with Crippen molar-refractivity contribution in [2.24, 2.45) is 0 Å². The molecule has 0 saturated carbocycles. The molecule has 0 aliphatic heterocycles. The van der Waals surface area contributed by atoms with Crippen molar-refractivity contribution in [3.05, 3.63) is 82.9 Å². The molecule has 38 heavy (non-hydrogen) atoms. The van der Waals surface area contributed by atoms with Gasteiger partial charge in [-0.1, -0.05) is 77.7 Å². The van der Waals surface area contributed by atoms with E-state index in [9.17, 15) is 20.4 Å². The monoisotopic (exact) mass is 514 g/mol. The Hall–Kier alpha value is -4.28. The summed E-state index contributed by atoms with van der Waals surface area (Å²) in [6, 6.07) is 22.7. The first kappa shape index (κ1) is 22.9. The Bertz CT molecular complexity index is 2000. The molecular weight excluding hydrogens is 493 g/mol. The number of rotatable bonds is 1. The first-order chi connectivity index (χ1) is 18.3. The zero-order chi connectivity index (χ0) is 26.5. The van der Waals surface area contributed by atoms with Gasteiger partial charge in [0.15, 0.2) is 11.5 Å². The molecule has 1 aliphatic carbocycles. The third kappa shape index (κ3) is 2.84. The Labute approximate surface area is 225 Å². The molecule has 0 aromatic heterocycles. The van der Waals surface area contributed by atoms with E-state index in [2.05, 4.69) is 36.4 Å². The predicted octanol–water partition coefficient (Wildman–Crippen LogP) is 4.38. The maximum Gasteiger partial charge on any atom is 0.166 e. The van der Waals surface area contributed by atoms with Gasteiger partial charge in [-0.05, 0) is 55.0 Å². The number of aromatic hydroxyl groups is 4. The number of hydrogen-bond donors (Lipinski definition) is 4. The van der Waals surface area contributed by atoms with Crippen molar-refractivity contribution in [1.29, 1.82) is 0 Å². The largest absolute Gasteiger partial charge is 0.508 e. The lowest BCUT2D eigenvalue weighted by molar-refractivity contribution is 0.406. The van der Waals surface area contributed by atoms with Crippen LogP contribution in [0.25, 0.3) is 54.6 Å². The first-order valence-corrected chi connectivity index (χ1v) is 12.8. The summed E-state index contributed by atoms with van der Waals surface area (Å²) >= 11 is 6.27. The second-order valence-electron chi connectivity index (χ2n) is 10.1. The number of phenolic OH excluding ortho intramolecular Hbond substituents is 4. The lowest BCUT2D eigenvalue weighted by atomic mass is 9.79. The summed E-state index contributed by atoms with van der Waals surface area (Å²) < 4.78 is 0. The molecular formula is C31H21B2ClO4. The highest BCUT2D eigenvalue weighted by molar-refractivity contribution is 6.48. The lowest BCUT2D eigenvalue weighted by Crippen LogP contribution is -2.14. The van der Waals surface area contributed by atoms with Gasteiger partial charge in [-0.3, -0.25) is 0 Å². The SMILES string of the molecule is Bc1c(O)c2c(c(O)c1Cl)Cc1c(B)c(-c3ccc4c5ccccc5c5ccccc5c4c3)c(O)c(O)c1-2. The molecule has 1 aliphatic rings. The van der Waals surface area contributed by atoms with Crippen LogP contribution in [0.5, 0.6) is 23.0 Å². The van der Waals surface area contributed by atoms with E-state index in [1.165, 1.54) is 5.39 Å². The molecule has 7 heteroatoms. The minimum Gasteiger partial charge on any atom is -0.508 e. The molecule has 6 aromatic rings. The number of hydrogen-bond acceptors (Lipinski definition) is 4. The van der Waals surface area contributed by atoms with Crippen molar-refractivity contribution in [3.8, 4) is 45.3 Å². The fourth-order valence-electron chi connectivity index (χ4n) is 6.28. The molecule has 0 spiro atoms. The van der Waals surface area contributed by atoms with E-state index in [4.69, 9.17) is 11.6 Å². The Kier molecular flexibility index (Phi) is 4.73. The van der Waals surface area contributed by atoms with E-state index in [-0.39, 0.29) is 34.4 Å². The van der Waals surface area contributed by atoms with Gasteiger partial charge in [0.1, 0.15) is 27.2 Å². The Balaban J connectivity index is 1.53. The molecule has 0 fully saturated rings. The third-order valence-corrected chi connectivity index (χ3v) is 8.64. The molecule has 0 unspecified atom stereocenters. The molecule has 0 radical (unpaired) electrons. The van der Waals surface area contributed by atoms with E-state index in [0.717, 1.165) is 43.5 Å². The molecule has 0 bridgehead atoms. The Morgan fingerprint density at radius 2 is 1.03 bits per heavy atom. The Morgan fingerprint density at radius 1 is 0.526 bits per heavy atom. The van der Waals surface area contributed by atoms with Crippen LogP contribution in [0, 0.1) is 0 Å². The van der Waals surface area contributed by atoms with Crippen molar-refractivity contribution in [2.45, 2.75) is 6.42 Å². The van der Waals surface area contributed by atoms with Gasteiger partial charge in [-0.25, -0.2) is 0 Å². The second-order valence-corrected chi connectivity index (χ2v) is 10.4. The number of benzene rings is 6. The molecule has 7 rings (SSSR count). The van der Waals surface area contributed by atoms with Crippen LogP contribution in [0.4, 0.5) is 0 Å². The summed E-state index contributed by atoms with van der Waals surface area (Å²) in [4.78, 5) is 0. The highest BCUT2D eigenvalue weighted by Gasteiger charge is 2.34. The van der Waals surface area contributed by atoms with E-state index < -0.39 is 0 Å². The second kappa shape index (κ2) is 7.86. The Morgan fingerprint density at radius 3 is 1.63 bits per heavy atom. The van der Waals surface area contributed by atoms with Gasteiger partial charge in [-0.2, -0.15) is 0 Å². The molecule has 182 valence electrons. The maximum absolute atomic E-state index is 11.3. The summed E-state index contributed by atoms with van der Waals surface area (Å²) in [6.07, 6.45) is 0.276. The van der Waals surface area contributed by atoms with E-state index in [1.54, 1.807) is 7.85 Å². The molecule has 4 nitrogen and oxygen atoms in total. The number of phenols is 4. The quantitative estimate of drug-likeness (QED) is 0.114. The summed E-state index contributed by atoms with van der Waals surface area (Å²) in [5, 5.41) is 51.1. The lowest BCUT2D eigenvalue weighted by Gasteiger charge is -2.18.